The number of benzene rings is 1. The summed E-state index contributed by atoms with van der Waals surface area (Å²) in [7, 11) is 0. The summed E-state index contributed by atoms with van der Waals surface area (Å²) in [6.07, 6.45) is 3.18. The Morgan fingerprint density at radius 3 is 2.28 bits per heavy atom. The molecule has 0 unspecified atom stereocenters. The average molecular weight is 251 g/mol. The van der Waals surface area contributed by atoms with Crippen LogP contribution in [0.1, 0.15) is 31.7 Å². The van der Waals surface area contributed by atoms with Crippen LogP contribution in [0.15, 0.2) is 24.3 Å². The fraction of sp³-hybridized carbons (Fsp3) is 0.500. The Morgan fingerprint density at radius 2 is 1.78 bits per heavy atom. The summed E-state index contributed by atoms with van der Waals surface area (Å²) in [5.41, 5.74) is -0.424. The van der Waals surface area contributed by atoms with Crippen molar-refractivity contribution in [2.45, 2.75) is 31.7 Å². The lowest BCUT2D eigenvalue weighted by atomic mass is 9.88. The minimum absolute atomic E-state index is 0.342. The quantitative estimate of drug-likeness (QED) is 0.897. The molecule has 0 amide bonds. The van der Waals surface area contributed by atoms with Gasteiger partial charge in [-0.25, -0.2) is 9.18 Å². The zero-order valence-electron chi connectivity index (χ0n) is 10.5. The summed E-state index contributed by atoms with van der Waals surface area (Å²) in [5, 5.41) is 9.57. The molecule has 3 nitrogen and oxygen atoms in total. The molecule has 1 aliphatic rings. The van der Waals surface area contributed by atoms with Crippen LogP contribution >= 0.6 is 0 Å². The van der Waals surface area contributed by atoms with Crippen LogP contribution in [0.25, 0.3) is 0 Å². The van der Waals surface area contributed by atoms with Crippen LogP contribution in [0, 0.1) is 5.82 Å². The number of likely N-dealkylation sites (tertiary alicyclic amines) is 1. The first kappa shape index (κ1) is 13.0. The fourth-order valence-corrected chi connectivity index (χ4v) is 2.56. The third-order valence-electron chi connectivity index (χ3n) is 3.81. The van der Waals surface area contributed by atoms with Crippen LogP contribution in [0.3, 0.4) is 0 Å². The van der Waals surface area contributed by atoms with E-state index in [1.807, 2.05) is 4.90 Å². The number of hydrogen-bond acceptors (Lipinski definition) is 2. The van der Waals surface area contributed by atoms with Gasteiger partial charge in [-0.3, -0.25) is 4.90 Å². The van der Waals surface area contributed by atoms with E-state index in [2.05, 4.69) is 0 Å². The molecule has 0 saturated carbocycles. The summed E-state index contributed by atoms with van der Waals surface area (Å²) in [4.78, 5) is 13.6. The summed E-state index contributed by atoms with van der Waals surface area (Å²) in [6, 6.07) is 5.77. The van der Waals surface area contributed by atoms with E-state index < -0.39 is 11.5 Å². The molecule has 0 bridgehead atoms. The van der Waals surface area contributed by atoms with Crippen LogP contribution in [-0.4, -0.2) is 29.1 Å². The Hall–Kier alpha value is -1.42. The van der Waals surface area contributed by atoms with Crippen molar-refractivity contribution in [3.05, 3.63) is 35.6 Å². The molecule has 0 radical (unpaired) electrons. The highest BCUT2D eigenvalue weighted by atomic mass is 19.1. The summed E-state index contributed by atoms with van der Waals surface area (Å²) < 4.78 is 13.0. The van der Waals surface area contributed by atoms with E-state index in [0.717, 1.165) is 32.4 Å². The number of carbonyl (C=O) groups is 1. The Balaban J connectivity index is 2.36. The van der Waals surface area contributed by atoms with Gasteiger partial charge in [-0.05, 0) is 50.6 Å². The second kappa shape index (κ2) is 5.06. The second-order valence-corrected chi connectivity index (χ2v) is 4.93. The van der Waals surface area contributed by atoms with E-state index >= 15 is 0 Å². The Labute approximate surface area is 106 Å². The van der Waals surface area contributed by atoms with Crippen molar-refractivity contribution in [1.29, 1.82) is 0 Å². The Morgan fingerprint density at radius 1 is 1.22 bits per heavy atom. The van der Waals surface area contributed by atoms with Crippen molar-refractivity contribution in [3.63, 3.8) is 0 Å². The molecular formula is C14H18FNO2. The van der Waals surface area contributed by atoms with Crippen LogP contribution in [0.2, 0.25) is 0 Å². The number of nitrogens with zero attached hydrogens (tertiary/aromatic N) is 1. The largest absolute Gasteiger partial charge is 0.480 e. The molecule has 1 aromatic carbocycles. The Bertz CT molecular complexity index is 426. The summed E-state index contributed by atoms with van der Waals surface area (Å²) >= 11 is 0. The molecule has 0 aliphatic carbocycles. The predicted molar refractivity (Wildman–Crippen MR) is 66.8 cm³/mol. The summed E-state index contributed by atoms with van der Waals surface area (Å²) in [5.74, 6) is -1.22. The first-order valence-corrected chi connectivity index (χ1v) is 6.29. The molecule has 1 N–H and O–H groups in total. The first-order valence-electron chi connectivity index (χ1n) is 6.29. The smallest absolute Gasteiger partial charge is 0.328 e. The van der Waals surface area contributed by atoms with Crippen molar-refractivity contribution < 1.29 is 14.3 Å². The van der Waals surface area contributed by atoms with Crippen molar-refractivity contribution >= 4 is 5.97 Å². The van der Waals surface area contributed by atoms with Gasteiger partial charge < -0.3 is 5.11 Å². The van der Waals surface area contributed by atoms with E-state index in [-0.39, 0.29) is 5.82 Å². The van der Waals surface area contributed by atoms with Gasteiger partial charge in [0.05, 0.1) is 0 Å². The third-order valence-corrected chi connectivity index (χ3v) is 3.81. The van der Waals surface area contributed by atoms with Gasteiger partial charge in [0.15, 0.2) is 0 Å². The molecule has 1 saturated heterocycles. The standard InChI is InChI=1S/C14H18FNO2/c1-14(13(17)18,16-9-3-2-4-10-16)11-5-7-12(15)8-6-11/h5-8H,2-4,9-10H2,1H3,(H,17,18)/t14-/m0/s1. The van der Waals surface area contributed by atoms with E-state index in [1.54, 1.807) is 19.1 Å². The number of carboxylic acid groups (broad SMARTS) is 1. The maximum atomic E-state index is 13.0. The van der Waals surface area contributed by atoms with E-state index in [4.69, 9.17) is 0 Å². The number of carboxylic acids is 1. The molecule has 1 aromatic rings. The minimum Gasteiger partial charge on any atom is -0.480 e. The number of aliphatic carboxylic acids is 1. The van der Waals surface area contributed by atoms with Crippen molar-refractivity contribution in [2.24, 2.45) is 0 Å². The van der Waals surface area contributed by atoms with Gasteiger partial charge in [0, 0.05) is 0 Å². The molecule has 18 heavy (non-hydrogen) atoms. The molecule has 4 heteroatoms. The molecule has 0 aromatic heterocycles. The molecule has 98 valence electrons. The predicted octanol–water partition coefficient (Wildman–Crippen LogP) is 2.61. The maximum Gasteiger partial charge on any atom is 0.328 e. The van der Waals surface area contributed by atoms with E-state index in [9.17, 15) is 14.3 Å². The molecule has 2 rings (SSSR count). The monoisotopic (exact) mass is 251 g/mol. The molecule has 0 spiro atoms. The second-order valence-electron chi connectivity index (χ2n) is 4.93. The lowest BCUT2D eigenvalue weighted by Gasteiger charge is -2.40. The maximum absolute atomic E-state index is 13.0. The molecule has 1 aliphatic heterocycles. The average Bonchev–Trinajstić information content (AvgIpc) is 2.39. The van der Waals surface area contributed by atoms with Crippen LogP contribution in [0.4, 0.5) is 4.39 Å². The van der Waals surface area contributed by atoms with Gasteiger partial charge in [-0.1, -0.05) is 18.6 Å². The highest BCUT2D eigenvalue weighted by Crippen LogP contribution is 2.31. The molecule has 1 heterocycles. The highest BCUT2D eigenvalue weighted by molar-refractivity contribution is 5.80. The van der Waals surface area contributed by atoms with Gasteiger partial charge in [-0.15, -0.1) is 0 Å². The number of halogens is 1. The molecule has 1 fully saturated rings. The lowest BCUT2D eigenvalue weighted by molar-refractivity contribution is -0.152. The number of piperidine rings is 1. The van der Waals surface area contributed by atoms with Gasteiger partial charge in [0.2, 0.25) is 0 Å². The van der Waals surface area contributed by atoms with Crippen molar-refractivity contribution in [3.8, 4) is 0 Å². The van der Waals surface area contributed by atoms with Crippen LogP contribution in [0.5, 0.6) is 0 Å². The normalized spacial score (nSPS) is 20.3. The van der Waals surface area contributed by atoms with Gasteiger partial charge in [0.25, 0.3) is 0 Å². The van der Waals surface area contributed by atoms with Crippen molar-refractivity contribution in [1.82, 2.24) is 4.90 Å². The zero-order valence-corrected chi connectivity index (χ0v) is 10.5. The number of hydrogen-bond donors (Lipinski definition) is 1. The number of rotatable bonds is 3. The topological polar surface area (TPSA) is 40.5 Å². The molecular weight excluding hydrogens is 233 g/mol. The van der Waals surface area contributed by atoms with Gasteiger partial charge in [0.1, 0.15) is 11.4 Å². The molecule has 1 atom stereocenters. The van der Waals surface area contributed by atoms with Crippen LogP contribution < -0.4 is 0 Å². The van der Waals surface area contributed by atoms with Gasteiger partial charge in [-0.2, -0.15) is 0 Å². The Kier molecular flexibility index (Phi) is 3.66. The lowest BCUT2D eigenvalue weighted by Crippen LogP contribution is -2.51. The zero-order chi connectivity index (χ0) is 13.2. The van der Waals surface area contributed by atoms with Crippen molar-refractivity contribution in [2.75, 3.05) is 13.1 Å². The van der Waals surface area contributed by atoms with Crippen LogP contribution in [-0.2, 0) is 10.3 Å². The van der Waals surface area contributed by atoms with Gasteiger partial charge >= 0.3 is 5.97 Å². The summed E-state index contributed by atoms with van der Waals surface area (Å²) in [6.45, 7) is 3.26. The first-order chi connectivity index (χ1) is 8.55. The highest BCUT2D eigenvalue weighted by Gasteiger charge is 2.41. The third kappa shape index (κ3) is 2.25. The SMILES string of the molecule is C[C@@](C(=O)O)(c1ccc(F)cc1)N1CCCCC1. The minimum atomic E-state index is -1.06. The van der Waals surface area contributed by atoms with E-state index in [1.165, 1.54) is 12.1 Å². The fourth-order valence-electron chi connectivity index (χ4n) is 2.56. The van der Waals surface area contributed by atoms with E-state index in [0.29, 0.717) is 5.56 Å².